The molecule has 5 nitrogen and oxygen atoms in total. The summed E-state index contributed by atoms with van der Waals surface area (Å²) in [5.41, 5.74) is 0.493. The normalized spacial score (nSPS) is 11.1. The molecule has 8 heteroatoms. The summed E-state index contributed by atoms with van der Waals surface area (Å²) < 4.78 is 53.8. The van der Waals surface area contributed by atoms with Crippen molar-refractivity contribution in [2.45, 2.75) is 19.1 Å². The summed E-state index contributed by atoms with van der Waals surface area (Å²) in [5, 5.41) is 0. The highest BCUT2D eigenvalue weighted by Gasteiger charge is 2.30. The van der Waals surface area contributed by atoms with Crippen molar-refractivity contribution in [1.82, 2.24) is 4.90 Å². The number of halogens is 3. The van der Waals surface area contributed by atoms with Crippen LogP contribution in [0.3, 0.4) is 0 Å². The van der Waals surface area contributed by atoms with Gasteiger partial charge in [0.15, 0.2) is 11.5 Å². The first kappa shape index (κ1) is 21.4. The molecule has 0 aliphatic carbocycles. The van der Waals surface area contributed by atoms with E-state index in [1.54, 1.807) is 19.2 Å². The second-order valence-electron chi connectivity index (χ2n) is 6.11. The number of nitrogens with zero attached hydrogens (tertiary/aromatic N) is 1. The van der Waals surface area contributed by atoms with Crippen LogP contribution in [0.15, 0.2) is 36.4 Å². The number of amides is 1. The second-order valence-corrected chi connectivity index (χ2v) is 6.11. The third kappa shape index (κ3) is 4.88. The Bertz CT molecular complexity index is 819. The Kier molecular flexibility index (Phi) is 6.77. The first-order valence-electron chi connectivity index (χ1n) is 8.39. The lowest BCUT2D eigenvalue weighted by molar-refractivity contribution is -0.137. The summed E-state index contributed by atoms with van der Waals surface area (Å²) in [7, 11) is 6.03. The number of alkyl halides is 3. The smallest absolute Gasteiger partial charge is 0.416 e. The number of carbonyl (C=O) groups is 1. The fourth-order valence-electron chi connectivity index (χ4n) is 2.76. The summed E-state index contributed by atoms with van der Waals surface area (Å²) in [6, 6.07) is 8.13. The molecule has 0 atom stereocenters. The van der Waals surface area contributed by atoms with E-state index in [1.807, 2.05) is 0 Å². The molecule has 0 N–H and O–H groups in total. The van der Waals surface area contributed by atoms with Gasteiger partial charge in [-0.05, 0) is 23.8 Å². The molecule has 1 amide bonds. The average molecular weight is 397 g/mol. The van der Waals surface area contributed by atoms with E-state index in [9.17, 15) is 18.0 Å². The van der Waals surface area contributed by atoms with Crippen LogP contribution in [0, 0.1) is 0 Å². The number of benzene rings is 2. The lowest BCUT2D eigenvalue weighted by atomic mass is 10.1. The Morgan fingerprint density at radius 2 is 1.54 bits per heavy atom. The summed E-state index contributed by atoms with van der Waals surface area (Å²) in [6.07, 6.45) is -4.34. The third-order valence-corrected chi connectivity index (χ3v) is 4.25. The number of methoxy groups -OCH3 is 3. The van der Waals surface area contributed by atoms with Gasteiger partial charge in [-0.1, -0.05) is 18.2 Å². The van der Waals surface area contributed by atoms with Gasteiger partial charge >= 0.3 is 6.18 Å². The lowest BCUT2D eigenvalue weighted by Crippen LogP contribution is -2.28. The molecule has 0 bridgehead atoms. The standard InChI is InChI=1S/C20H22F3NO4/c1-24(12-13-5-8-15(9-6-13)20(21,22)23)17(25)11-14-7-10-16(26-2)19(28-4)18(14)27-3/h5-10H,11-12H2,1-4H3. The van der Waals surface area contributed by atoms with Crippen LogP contribution in [0.5, 0.6) is 17.2 Å². The maximum absolute atomic E-state index is 12.6. The van der Waals surface area contributed by atoms with E-state index < -0.39 is 11.7 Å². The topological polar surface area (TPSA) is 48.0 Å². The van der Waals surface area contributed by atoms with Crippen molar-refractivity contribution >= 4 is 5.91 Å². The van der Waals surface area contributed by atoms with Crippen LogP contribution in [-0.2, 0) is 23.9 Å². The molecule has 0 saturated heterocycles. The SMILES string of the molecule is COc1ccc(CC(=O)N(C)Cc2ccc(C(F)(F)F)cc2)c(OC)c1OC. The third-order valence-electron chi connectivity index (χ3n) is 4.25. The van der Waals surface area contributed by atoms with E-state index in [4.69, 9.17) is 14.2 Å². The average Bonchev–Trinajstić information content (AvgIpc) is 2.66. The lowest BCUT2D eigenvalue weighted by Gasteiger charge is -2.20. The maximum atomic E-state index is 12.6. The molecule has 0 aromatic heterocycles. The van der Waals surface area contributed by atoms with Crippen molar-refractivity contribution in [3.8, 4) is 17.2 Å². The van der Waals surface area contributed by atoms with Crippen LogP contribution < -0.4 is 14.2 Å². The molecule has 152 valence electrons. The Labute approximate surface area is 161 Å². The minimum absolute atomic E-state index is 0.0423. The van der Waals surface area contributed by atoms with E-state index in [-0.39, 0.29) is 18.9 Å². The Balaban J connectivity index is 2.12. The van der Waals surface area contributed by atoms with Gasteiger partial charge in [-0.25, -0.2) is 0 Å². The molecule has 2 aromatic carbocycles. The van der Waals surface area contributed by atoms with Crippen molar-refractivity contribution in [2.24, 2.45) is 0 Å². The Morgan fingerprint density at radius 1 is 0.929 bits per heavy atom. The van der Waals surface area contributed by atoms with Gasteiger partial charge in [0.05, 0.1) is 33.3 Å². The predicted octanol–water partition coefficient (Wildman–Crippen LogP) is 3.93. The molecule has 2 aromatic rings. The molecule has 0 heterocycles. The van der Waals surface area contributed by atoms with Gasteiger partial charge in [0, 0.05) is 19.2 Å². The number of likely N-dealkylation sites (N-methyl/N-ethyl adjacent to an activating group) is 1. The zero-order valence-electron chi connectivity index (χ0n) is 16.1. The van der Waals surface area contributed by atoms with Crippen molar-refractivity contribution in [2.75, 3.05) is 28.4 Å². The first-order chi connectivity index (χ1) is 13.2. The molecule has 0 spiro atoms. The van der Waals surface area contributed by atoms with Crippen LogP contribution in [-0.4, -0.2) is 39.2 Å². The van der Waals surface area contributed by atoms with Gasteiger partial charge in [0.25, 0.3) is 0 Å². The minimum atomic E-state index is -4.38. The van der Waals surface area contributed by atoms with Crippen molar-refractivity contribution in [3.63, 3.8) is 0 Å². The van der Waals surface area contributed by atoms with Crippen molar-refractivity contribution in [3.05, 3.63) is 53.1 Å². The van der Waals surface area contributed by atoms with Crippen LogP contribution in [0.2, 0.25) is 0 Å². The molecule has 0 radical (unpaired) electrons. The van der Waals surface area contributed by atoms with Crippen LogP contribution in [0.1, 0.15) is 16.7 Å². The molecular formula is C20H22F3NO4. The zero-order chi connectivity index (χ0) is 20.9. The van der Waals surface area contributed by atoms with Gasteiger partial charge in [0.2, 0.25) is 11.7 Å². The summed E-state index contributed by atoms with van der Waals surface area (Å²) in [5.74, 6) is 1.05. The van der Waals surface area contributed by atoms with Crippen LogP contribution in [0.4, 0.5) is 13.2 Å². The van der Waals surface area contributed by atoms with Gasteiger partial charge < -0.3 is 19.1 Å². The molecule has 2 rings (SSSR count). The van der Waals surface area contributed by atoms with Gasteiger partial charge in [0.1, 0.15) is 0 Å². The highest BCUT2D eigenvalue weighted by atomic mass is 19.4. The second kappa shape index (κ2) is 8.86. The monoisotopic (exact) mass is 397 g/mol. The minimum Gasteiger partial charge on any atom is -0.493 e. The largest absolute Gasteiger partial charge is 0.493 e. The van der Waals surface area contributed by atoms with Crippen LogP contribution in [0.25, 0.3) is 0 Å². The number of carbonyl (C=O) groups excluding carboxylic acids is 1. The Hall–Kier alpha value is -2.90. The van der Waals surface area contributed by atoms with Gasteiger partial charge in [-0.2, -0.15) is 13.2 Å². The molecule has 0 aliphatic heterocycles. The fourth-order valence-corrected chi connectivity index (χ4v) is 2.76. The quantitative estimate of drug-likeness (QED) is 0.710. The Morgan fingerprint density at radius 3 is 2.04 bits per heavy atom. The summed E-state index contributed by atoms with van der Waals surface area (Å²) in [4.78, 5) is 14.0. The van der Waals surface area contributed by atoms with Crippen molar-refractivity contribution < 1.29 is 32.2 Å². The number of rotatable bonds is 7. The summed E-state index contributed by atoms with van der Waals surface area (Å²) >= 11 is 0. The fraction of sp³-hybridized carbons (Fsp3) is 0.350. The van der Waals surface area contributed by atoms with Gasteiger partial charge in [-0.15, -0.1) is 0 Å². The zero-order valence-corrected chi connectivity index (χ0v) is 16.1. The number of hydrogen-bond donors (Lipinski definition) is 0. The predicted molar refractivity (Wildman–Crippen MR) is 97.7 cm³/mol. The van der Waals surface area contributed by atoms with E-state index in [1.165, 1.54) is 38.4 Å². The molecule has 0 unspecified atom stereocenters. The van der Waals surface area contributed by atoms with E-state index in [2.05, 4.69) is 0 Å². The number of ether oxygens (including phenoxy) is 3. The molecule has 28 heavy (non-hydrogen) atoms. The maximum Gasteiger partial charge on any atom is 0.416 e. The molecular weight excluding hydrogens is 375 g/mol. The molecule has 0 saturated carbocycles. The first-order valence-corrected chi connectivity index (χ1v) is 8.39. The molecule has 0 aliphatic rings. The van der Waals surface area contributed by atoms with E-state index in [0.29, 0.717) is 28.4 Å². The molecule has 0 fully saturated rings. The van der Waals surface area contributed by atoms with Crippen LogP contribution >= 0.6 is 0 Å². The summed E-state index contributed by atoms with van der Waals surface area (Å²) in [6.45, 7) is 0.187. The number of hydrogen-bond acceptors (Lipinski definition) is 4. The highest BCUT2D eigenvalue weighted by molar-refractivity contribution is 5.80. The van der Waals surface area contributed by atoms with Crippen molar-refractivity contribution in [1.29, 1.82) is 0 Å². The highest BCUT2D eigenvalue weighted by Crippen LogP contribution is 2.40. The van der Waals surface area contributed by atoms with E-state index >= 15 is 0 Å². The van der Waals surface area contributed by atoms with Gasteiger partial charge in [-0.3, -0.25) is 4.79 Å². The van der Waals surface area contributed by atoms with E-state index in [0.717, 1.165) is 12.1 Å².